The van der Waals surface area contributed by atoms with Gasteiger partial charge in [-0.15, -0.1) is 11.3 Å². The summed E-state index contributed by atoms with van der Waals surface area (Å²) < 4.78 is 26.7. The van der Waals surface area contributed by atoms with Crippen LogP contribution in [-0.2, 0) is 14.8 Å². The molecular weight excluding hydrogens is 332 g/mol. The van der Waals surface area contributed by atoms with Gasteiger partial charge in [-0.05, 0) is 25.5 Å². The molecule has 0 radical (unpaired) electrons. The molecule has 0 aliphatic carbocycles. The first-order valence-corrected chi connectivity index (χ1v) is 9.69. The fraction of sp³-hybridized carbons (Fsp3) is 0.500. The highest BCUT2D eigenvalue weighted by Crippen LogP contribution is 2.31. The van der Waals surface area contributed by atoms with Crippen LogP contribution in [0.4, 0.5) is 4.79 Å². The lowest BCUT2D eigenvalue weighted by Gasteiger charge is -2.21. The van der Waals surface area contributed by atoms with Crippen molar-refractivity contribution >= 4 is 44.3 Å². The van der Waals surface area contributed by atoms with Gasteiger partial charge in [0.15, 0.2) is 0 Å². The van der Waals surface area contributed by atoms with E-state index >= 15 is 0 Å². The number of rotatable bonds is 3. The molecule has 0 spiro atoms. The highest BCUT2D eigenvalue weighted by atomic mass is 32.2. The third-order valence-corrected chi connectivity index (χ3v) is 7.75. The molecule has 0 unspecified atom stereocenters. The highest BCUT2D eigenvalue weighted by molar-refractivity contribution is 8.14. The summed E-state index contributed by atoms with van der Waals surface area (Å²) in [6.45, 7) is 2.39. The van der Waals surface area contributed by atoms with E-state index in [0.717, 1.165) is 16.6 Å². The molecule has 1 aromatic heterocycles. The lowest BCUT2D eigenvalue weighted by molar-refractivity contribution is -0.126. The topological polar surface area (TPSA) is 74.8 Å². The van der Waals surface area contributed by atoms with Crippen LogP contribution in [0.15, 0.2) is 16.3 Å². The van der Waals surface area contributed by atoms with Crippen molar-refractivity contribution in [3.8, 4) is 0 Å². The van der Waals surface area contributed by atoms with Crippen molar-refractivity contribution in [3.05, 3.63) is 17.0 Å². The molecule has 2 amide bonds. The fourth-order valence-electron chi connectivity index (χ4n) is 2.53. The number of imide groups is 1. The van der Waals surface area contributed by atoms with Crippen molar-refractivity contribution in [3.63, 3.8) is 0 Å². The summed E-state index contributed by atoms with van der Waals surface area (Å²) in [6.07, 6.45) is 0.502. The Bertz CT molecular complexity index is 681. The monoisotopic (exact) mass is 346 g/mol. The molecule has 0 bridgehead atoms. The van der Waals surface area contributed by atoms with E-state index in [1.165, 1.54) is 20.5 Å². The number of hydrogen-bond donors (Lipinski definition) is 0. The maximum Gasteiger partial charge on any atom is 0.289 e. The van der Waals surface area contributed by atoms with Gasteiger partial charge in [0.1, 0.15) is 4.21 Å². The number of hydrogen-bond acceptors (Lipinski definition) is 6. The normalized spacial score (nSPS) is 24.2. The van der Waals surface area contributed by atoms with Crippen molar-refractivity contribution in [2.24, 2.45) is 0 Å². The molecule has 0 N–H and O–H groups in total. The van der Waals surface area contributed by atoms with Gasteiger partial charge >= 0.3 is 0 Å². The van der Waals surface area contributed by atoms with E-state index in [1.54, 1.807) is 12.1 Å². The minimum atomic E-state index is -3.52. The Morgan fingerprint density at radius 2 is 2.05 bits per heavy atom. The summed E-state index contributed by atoms with van der Waals surface area (Å²) in [4.78, 5) is 25.6. The van der Waals surface area contributed by atoms with Gasteiger partial charge in [-0.25, -0.2) is 8.42 Å². The van der Waals surface area contributed by atoms with E-state index < -0.39 is 10.0 Å². The van der Waals surface area contributed by atoms with E-state index in [0.29, 0.717) is 17.2 Å². The molecule has 3 heterocycles. The molecule has 1 atom stereocenters. The second-order valence-electron chi connectivity index (χ2n) is 4.99. The van der Waals surface area contributed by atoms with Crippen molar-refractivity contribution in [2.45, 2.75) is 23.6 Å². The second kappa shape index (κ2) is 5.38. The zero-order chi connectivity index (χ0) is 15.2. The van der Waals surface area contributed by atoms with Gasteiger partial charge in [0, 0.05) is 18.0 Å². The van der Waals surface area contributed by atoms with Crippen molar-refractivity contribution in [1.82, 2.24) is 9.21 Å². The average Bonchev–Trinajstić information content (AvgIpc) is 3.11. The number of amides is 2. The molecule has 0 aromatic carbocycles. The smallest absolute Gasteiger partial charge is 0.273 e. The largest absolute Gasteiger partial charge is 0.289 e. The highest BCUT2D eigenvalue weighted by Gasteiger charge is 2.42. The van der Waals surface area contributed by atoms with Gasteiger partial charge in [-0.1, -0.05) is 11.8 Å². The second-order valence-corrected chi connectivity index (χ2v) is 9.37. The predicted molar refractivity (Wildman–Crippen MR) is 80.9 cm³/mol. The minimum Gasteiger partial charge on any atom is -0.273 e. The first-order valence-electron chi connectivity index (χ1n) is 6.45. The van der Waals surface area contributed by atoms with Crippen LogP contribution in [-0.4, -0.2) is 53.7 Å². The number of carbonyl (C=O) groups excluding carboxylic acids is 2. The number of thioether (sulfide) groups is 1. The van der Waals surface area contributed by atoms with Crippen molar-refractivity contribution in [1.29, 1.82) is 0 Å². The molecule has 0 saturated carbocycles. The van der Waals surface area contributed by atoms with Gasteiger partial charge in [0.05, 0.1) is 11.8 Å². The predicted octanol–water partition coefficient (Wildman–Crippen LogP) is 1.51. The number of thiophene rings is 1. The summed E-state index contributed by atoms with van der Waals surface area (Å²) in [5.74, 6) is -0.0622. The molecular formula is C12H14N2O4S3. The van der Waals surface area contributed by atoms with Gasteiger partial charge in [-0.2, -0.15) is 4.31 Å². The van der Waals surface area contributed by atoms with Crippen LogP contribution < -0.4 is 0 Å². The Morgan fingerprint density at radius 1 is 1.29 bits per heavy atom. The molecule has 21 heavy (non-hydrogen) atoms. The number of nitrogens with zero attached hydrogens (tertiary/aromatic N) is 2. The maximum atomic E-state index is 12.5. The van der Waals surface area contributed by atoms with Crippen LogP contribution in [0.1, 0.15) is 11.3 Å². The van der Waals surface area contributed by atoms with Crippen molar-refractivity contribution < 1.29 is 18.0 Å². The molecule has 1 aromatic rings. The molecule has 6 nitrogen and oxygen atoms in total. The molecule has 2 fully saturated rings. The quantitative estimate of drug-likeness (QED) is 0.829. The number of sulfonamides is 1. The number of aryl methyl sites for hydroxylation is 1. The molecule has 2 aliphatic rings. The van der Waals surface area contributed by atoms with Crippen LogP contribution in [0.5, 0.6) is 0 Å². The summed E-state index contributed by atoms with van der Waals surface area (Å²) in [6, 6.07) is 3.04. The van der Waals surface area contributed by atoms with E-state index in [4.69, 9.17) is 0 Å². The Kier molecular flexibility index (Phi) is 3.85. The summed E-state index contributed by atoms with van der Waals surface area (Å²) in [5, 5.41) is -0.267. The van der Waals surface area contributed by atoms with E-state index in [1.807, 2.05) is 6.92 Å². The molecule has 2 aliphatic heterocycles. The maximum absolute atomic E-state index is 12.5. The van der Waals surface area contributed by atoms with E-state index in [2.05, 4.69) is 0 Å². The van der Waals surface area contributed by atoms with E-state index in [-0.39, 0.29) is 29.5 Å². The zero-order valence-corrected chi connectivity index (χ0v) is 13.8. The summed E-state index contributed by atoms with van der Waals surface area (Å²) in [7, 11) is -3.52. The van der Waals surface area contributed by atoms with Crippen molar-refractivity contribution in [2.75, 3.05) is 18.8 Å². The Hall–Kier alpha value is -0.900. The standard InChI is InChI=1S/C12H14N2O4S3/c1-8-2-3-11(20-8)21(17,18)13-5-4-9(6-13)14-10(15)7-19-12(14)16/h2-3,9H,4-7H2,1H3/t9-/m1/s1. The van der Waals surface area contributed by atoms with Crippen LogP contribution in [0.2, 0.25) is 0 Å². The lowest BCUT2D eigenvalue weighted by atomic mass is 10.2. The van der Waals surface area contributed by atoms with Gasteiger partial charge < -0.3 is 0 Å². The van der Waals surface area contributed by atoms with Gasteiger partial charge in [-0.3, -0.25) is 14.5 Å². The van der Waals surface area contributed by atoms with Gasteiger partial charge in [0.25, 0.3) is 15.3 Å². The lowest BCUT2D eigenvalue weighted by Crippen LogP contribution is -2.41. The SMILES string of the molecule is Cc1ccc(S(=O)(=O)N2CC[C@@H](N3C(=O)CSC3=O)C2)s1. The average molecular weight is 346 g/mol. The molecule has 114 valence electrons. The molecule has 2 saturated heterocycles. The Balaban J connectivity index is 1.78. The summed E-state index contributed by atoms with van der Waals surface area (Å²) in [5.41, 5.74) is 0. The third-order valence-electron chi connectivity index (χ3n) is 3.59. The van der Waals surface area contributed by atoms with Crippen LogP contribution in [0.3, 0.4) is 0 Å². The van der Waals surface area contributed by atoms with Crippen LogP contribution in [0, 0.1) is 6.92 Å². The zero-order valence-electron chi connectivity index (χ0n) is 11.3. The third kappa shape index (κ3) is 2.63. The molecule has 9 heteroatoms. The fourth-order valence-corrected chi connectivity index (χ4v) is 6.24. The Labute approximate surface area is 131 Å². The first-order chi connectivity index (χ1) is 9.89. The van der Waals surface area contributed by atoms with E-state index in [9.17, 15) is 18.0 Å². The Morgan fingerprint density at radius 3 is 2.62 bits per heavy atom. The van der Waals surface area contributed by atoms with Crippen LogP contribution in [0.25, 0.3) is 0 Å². The van der Waals surface area contributed by atoms with Gasteiger partial charge in [0.2, 0.25) is 5.91 Å². The first kappa shape index (κ1) is 15.0. The van der Waals surface area contributed by atoms with Crippen LogP contribution >= 0.6 is 23.1 Å². The minimum absolute atomic E-state index is 0.159. The molecule has 3 rings (SSSR count). The number of carbonyl (C=O) groups is 2. The summed E-state index contributed by atoms with van der Waals surface area (Å²) >= 11 is 2.22.